The molecule has 0 saturated carbocycles. The summed E-state index contributed by atoms with van der Waals surface area (Å²) in [6, 6.07) is 8.79. The van der Waals surface area contributed by atoms with Crippen molar-refractivity contribution >= 4 is 11.9 Å². The first-order chi connectivity index (χ1) is 12.5. The molecule has 1 aromatic carbocycles. The molecule has 0 spiro atoms. The highest BCUT2D eigenvalue weighted by Gasteiger charge is 2.39. The van der Waals surface area contributed by atoms with Gasteiger partial charge in [0.2, 0.25) is 5.91 Å². The Hall–Kier alpha value is -2.67. The molecule has 2 unspecified atom stereocenters. The summed E-state index contributed by atoms with van der Waals surface area (Å²) in [6.07, 6.45) is 0.449. The summed E-state index contributed by atoms with van der Waals surface area (Å²) in [7, 11) is 1.50. The molecule has 26 heavy (non-hydrogen) atoms. The molecule has 2 aromatic rings. The molecular formula is C19H20FNO5. The van der Waals surface area contributed by atoms with Crippen LogP contribution >= 0.6 is 0 Å². The number of hydrogen-bond acceptors (Lipinski definition) is 4. The lowest BCUT2D eigenvalue weighted by molar-refractivity contribution is -0.148. The number of furan rings is 1. The summed E-state index contributed by atoms with van der Waals surface area (Å²) in [6.45, 7) is 0.269. The number of rotatable bonds is 6. The molecule has 1 fully saturated rings. The number of aryl methyl sites for hydroxylation is 1. The van der Waals surface area contributed by atoms with E-state index < -0.39 is 12.0 Å². The van der Waals surface area contributed by atoms with E-state index in [-0.39, 0.29) is 37.2 Å². The van der Waals surface area contributed by atoms with Gasteiger partial charge >= 0.3 is 5.97 Å². The van der Waals surface area contributed by atoms with Gasteiger partial charge in [-0.25, -0.2) is 9.18 Å². The van der Waals surface area contributed by atoms with Gasteiger partial charge in [-0.3, -0.25) is 4.79 Å². The van der Waals surface area contributed by atoms with Crippen LogP contribution in [0.15, 0.2) is 40.8 Å². The number of halogens is 1. The first-order valence-corrected chi connectivity index (χ1v) is 8.38. The largest absolute Gasteiger partial charge is 0.480 e. The van der Waals surface area contributed by atoms with Crippen molar-refractivity contribution < 1.29 is 28.2 Å². The molecule has 2 atom stereocenters. The fraction of sp³-hybridized carbons (Fsp3) is 0.368. The number of nitrogens with zero attached hydrogens (tertiary/aromatic N) is 1. The Bertz CT molecular complexity index is 803. The molecule has 0 aliphatic carbocycles. The molecule has 1 aliphatic rings. The average molecular weight is 361 g/mol. The number of likely N-dealkylation sites (tertiary alicyclic amines) is 1. The first kappa shape index (κ1) is 18.1. The van der Waals surface area contributed by atoms with E-state index in [1.165, 1.54) is 18.1 Å². The van der Waals surface area contributed by atoms with Crippen LogP contribution in [0.25, 0.3) is 11.3 Å². The van der Waals surface area contributed by atoms with E-state index in [4.69, 9.17) is 9.15 Å². The lowest BCUT2D eigenvalue weighted by Gasteiger charge is -2.20. The van der Waals surface area contributed by atoms with E-state index in [1.54, 1.807) is 30.3 Å². The fourth-order valence-electron chi connectivity index (χ4n) is 3.17. The van der Waals surface area contributed by atoms with Crippen LogP contribution in [0.5, 0.6) is 0 Å². The maximum Gasteiger partial charge on any atom is 0.326 e. The second kappa shape index (κ2) is 7.70. The number of carboxylic acid groups (broad SMARTS) is 1. The van der Waals surface area contributed by atoms with E-state index in [9.17, 15) is 19.1 Å². The van der Waals surface area contributed by atoms with Crippen LogP contribution in [0.2, 0.25) is 0 Å². The number of methoxy groups -OCH3 is 1. The minimum Gasteiger partial charge on any atom is -0.480 e. The minimum absolute atomic E-state index is 0.116. The van der Waals surface area contributed by atoms with Gasteiger partial charge in [-0.1, -0.05) is 12.1 Å². The van der Waals surface area contributed by atoms with Crippen molar-refractivity contribution in [3.05, 3.63) is 48.0 Å². The maximum atomic E-state index is 13.8. The Morgan fingerprint density at radius 2 is 2.08 bits per heavy atom. The SMILES string of the molecule is COC1CC(C(=O)O)N(C(=O)CCc2ccc(-c3ccccc3F)o2)C1. The molecule has 0 radical (unpaired) electrons. The van der Waals surface area contributed by atoms with Crippen LogP contribution in [0.3, 0.4) is 0 Å². The fourth-order valence-corrected chi connectivity index (χ4v) is 3.17. The molecule has 1 aromatic heterocycles. The standard InChI is InChI=1S/C19H20FNO5/c1-25-13-10-16(19(23)24)21(11-13)18(22)9-7-12-6-8-17(26-12)14-4-2-3-5-15(14)20/h2-6,8,13,16H,7,9-11H2,1H3,(H,23,24). The Kier molecular flexibility index (Phi) is 5.37. The molecule has 3 rings (SSSR count). The Morgan fingerprint density at radius 3 is 2.77 bits per heavy atom. The van der Waals surface area contributed by atoms with Crippen molar-refractivity contribution in [2.45, 2.75) is 31.4 Å². The smallest absolute Gasteiger partial charge is 0.326 e. The molecule has 7 heteroatoms. The van der Waals surface area contributed by atoms with E-state index in [2.05, 4.69) is 0 Å². The monoisotopic (exact) mass is 361 g/mol. The highest BCUT2D eigenvalue weighted by atomic mass is 19.1. The van der Waals surface area contributed by atoms with Crippen molar-refractivity contribution in [2.24, 2.45) is 0 Å². The third-order valence-electron chi connectivity index (χ3n) is 4.59. The van der Waals surface area contributed by atoms with Gasteiger partial charge in [-0.15, -0.1) is 0 Å². The lowest BCUT2D eigenvalue weighted by Crippen LogP contribution is -2.40. The Morgan fingerprint density at radius 1 is 1.31 bits per heavy atom. The summed E-state index contributed by atoms with van der Waals surface area (Å²) in [4.78, 5) is 25.1. The molecule has 138 valence electrons. The highest BCUT2D eigenvalue weighted by Crippen LogP contribution is 2.26. The van der Waals surface area contributed by atoms with Crippen LogP contribution in [0, 0.1) is 5.82 Å². The van der Waals surface area contributed by atoms with Crippen LogP contribution in [0.1, 0.15) is 18.6 Å². The third kappa shape index (κ3) is 3.77. The molecule has 1 amide bonds. The van der Waals surface area contributed by atoms with Crippen molar-refractivity contribution in [1.29, 1.82) is 0 Å². The summed E-state index contributed by atoms with van der Waals surface area (Å²) in [5.41, 5.74) is 0.360. The Balaban J connectivity index is 1.63. The van der Waals surface area contributed by atoms with Crippen LogP contribution in [-0.2, 0) is 20.7 Å². The molecule has 1 aliphatic heterocycles. The zero-order valence-corrected chi connectivity index (χ0v) is 14.4. The van der Waals surface area contributed by atoms with Crippen LogP contribution in [-0.4, -0.2) is 47.7 Å². The number of amides is 1. The zero-order valence-electron chi connectivity index (χ0n) is 14.4. The summed E-state index contributed by atoms with van der Waals surface area (Å²) >= 11 is 0. The molecule has 0 bridgehead atoms. The number of carboxylic acids is 1. The topological polar surface area (TPSA) is 80.0 Å². The van der Waals surface area contributed by atoms with Gasteiger partial charge < -0.3 is 19.2 Å². The predicted octanol–water partition coefficient (Wildman–Crippen LogP) is 2.72. The van der Waals surface area contributed by atoms with E-state index in [1.807, 2.05) is 0 Å². The minimum atomic E-state index is -1.03. The molecule has 1 saturated heterocycles. The number of hydrogen-bond donors (Lipinski definition) is 1. The van der Waals surface area contributed by atoms with Gasteiger partial charge in [0, 0.05) is 32.9 Å². The van der Waals surface area contributed by atoms with Crippen molar-refractivity contribution in [1.82, 2.24) is 4.90 Å². The van der Waals surface area contributed by atoms with Crippen LogP contribution in [0.4, 0.5) is 4.39 Å². The van der Waals surface area contributed by atoms with Gasteiger partial charge in [-0.05, 0) is 24.3 Å². The maximum absolute atomic E-state index is 13.8. The van der Waals surface area contributed by atoms with E-state index >= 15 is 0 Å². The predicted molar refractivity (Wildman–Crippen MR) is 91.0 cm³/mol. The average Bonchev–Trinajstić information content (AvgIpc) is 3.27. The van der Waals surface area contributed by atoms with Gasteiger partial charge in [0.1, 0.15) is 23.4 Å². The van der Waals surface area contributed by atoms with Crippen molar-refractivity contribution in [3.8, 4) is 11.3 Å². The van der Waals surface area contributed by atoms with Gasteiger partial charge in [0.05, 0.1) is 11.7 Å². The number of carbonyl (C=O) groups is 2. The first-order valence-electron chi connectivity index (χ1n) is 8.38. The third-order valence-corrected chi connectivity index (χ3v) is 4.59. The summed E-state index contributed by atoms with van der Waals surface area (Å²) in [5, 5.41) is 9.28. The number of benzene rings is 1. The van der Waals surface area contributed by atoms with Gasteiger partial charge in [0.25, 0.3) is 0 Å². The lowest BCUT2D eigenvalue weighted by atomic mass is 10.1. The van der Waals surface area contributed by atoms with Crippen LogP contribution < -0.4 is 0 Å². The van der Waals surface area contributed by atoms with Crippen molar-refractivity contribution in [2.75, 3.05) is 13.7 Å². The Labute approximate surface area is 150 Å². The van der Waals surface area contributed by atoms with Gasteiger partial charge in [0.15, 0.2) is 0 Å². The summed E-state index contributed by atoms with van der Waals surface area (Å²) < 4.78 is 24.6. The number of aliphatic carboxylic acids is 1. The van der Waals surface area contributed by atoms with Crippen molar-refractivity contribution in [3.63, 3.8) is 0 Å². The molecular weight excluding hydrogens is 341 g/mol. The molecule has 1 N–H and O–H groups in total. The quantitative estimate of drug-likeness (QED) is 0.856. The second-order valence-electron chi connectivity index (χ2n) is 6.24. The van der Waals surface area contributed by atoms with Gasteiger partial charge in [-0.2, -0.15) is 0 Å². The molecule has 6 nitrogen and oxygen atoms in total. The zero-order chi connectivity index (χ0) is 18.7. The molecule has 2 heterocycles. The normalized spacial score (nSPS) is 19.7. The highest BCUT2D eigenvalue weighted by molar-refractivity contribution is 5.84. The second-order valence-corrected chi connectivity index (χ2v) is 6.24. The number of carbonyl (C=O) groups excluding carboxylic acids is 1. The van der Waals surface area contributed by atoms with E-state index in [0.717, 1.165) is 0 Å². The number of ether oxygens (including phenoxy) is 1. The summed E-state index contributed by atoms with van der Waals surface area (Å²) in [5.74, 6) is -0.726. The van der Waals surface area contributed by atoms with E-state index in [0.29, 0.717) is 23.5 Å².